The summed E-state index contributed by atoms with van der Waals surface area (Å²) in [4.78, 5) is 8.39. The molecular formula is C15H20F3IN6. The van der Waals surface area contributed by atoms with Gasteiger partial charge in [-0.1, -0.05) is 18.2 Å². The van der Waals surface area contributed by atoms with Crippen LogP contribution in [0.2, 0.25) is 0 Å². The van der Waals surface area contributed by atoms with E-state index in [0.29, 0.717) is 24.9 Å². The molecule has 0 bridgehead atoms. The molecule has 0 unspecified atom stereocenters. The highest BCUT2D eigenvalue weighted by Gasteiger charge is 2.26. The van der Waals surface area contributed by atoms with Crippen LogP contribution < -0.4 is 10.6 Å². The Bertz CT molecular complexity index is 658. The van der Waals surface area contributed by atoms with E-state index in [2.05, 4.69) is 30.8 Å². The average Bonchev–Trinajstić information content (AvgIpc) is 3.06. The lowest BCUT2D eigenvalue weighted by atomic mass is 10.1. The minimum absolute atomic E-state index is 0. The molecule has 0 saturated heterocycles. The molecule has 1 aromatic carbocycles. The predicted octanol–water partition coefficient (Wildman–Crippen LogP) is 3.10. The molecule has 1 heterocycles. The third kappa shape index (κ3) is 7.71. The van der Waals surface area contributed by atoms with E-state index in [9.17, 15) is 13.2 Å². The molecular weight excluding hydrogens is 448 g/mol. The van der Waals surface area contributed by atoms with Crippen LogP contribution in [0.4, 0.5) is 13.2 Å². The molecule has 0 aliphatic rings. The Morgan fingerprint density at radius 3 is 2.72 bits per heavy atom. The molecule has 0 saturated carbocycles. The summed E-state index contributed by atoms with van der Waals surface area (Å²) in [5.41, 5.74) is 1.78. The van der Waals surface area contributed by atoms with Gasteiger partial charge in [-0.15, -0.1) is 24.0 Å². The number of aliphatic imine (C=N–C) groups is 1. The van der Waals surface area contributed by atoms with Gasteiger partial charge in [0.15, 0.2) is 11.8 Å². The summed E-state index contributed by atoms with van der Waals surface area (Å²) in [6, 6.07) is 7.55. The van der Waals surface area contributed by atoms with Gasteiger partial charge in [0, 0.05) is 18.7 Å². The molecule has 6 nitrogen and oxygen atoms in total. The minimum atomic E-state index is -4.18. The number of nitrogens with zero attached hydrogens (tertiary/aromatic N) is 3. The first-order valence-corrected chi connectivity index (χ1v) is 7.51. The highest BCUT2D eigenvalue weighted by Crippen LogP contribution is 2.18. The SMILES string of the molecule is CCNC(=NCc1cccc(-c2ncn[nH]2)c1)NCCC(F)(F)F.I. The number of aromatic nitrogens is 3. The number of hydrogen-bond donors (Lipinski definition) is 3. The monoisotopic (exact) mass is 468 g/mol. The largest absolute Gasteiger partial charge is 0.390 e. The van der Waals surface area contributed by atoms with Crippen LogP contribution in [0.1, 0.15) is 18.9 Å². The van der Waals surface area contributed by atoms with Crippen molar-refractivity contribution in [3.05, 3.63) is 36.2 Å². The highest BCUT2D eigenvalue weighted by molar-refractivity contribution is 14.0. The van der Waals surface area contributed by atoms with Crippen LogP contribution in [0.25, 0.3) is 11.4 Å². The molecule has 138 valence electrons. The van der Waals surface area contributed by atoms with Crippen molar-refractivity contribution in [3.63, 3.8) is 0 Å². The molecule has 0 aliphatic heterocycles. The van der Waals surface area contributed by atoms with E-state index < -0.39 is 12.6 Å². The second-order valence-corrected chi connectivity index (χ2v) is 5.02. The standard InChI is InChI=1S/C15H19F3N6.HI/c1-2-19-14(20-7-6-15(16,17)18)21-9-11-4-3-5-12(8-11)13-22-10-23-24-13;/h3-5,8,10H,2,6-7,9H2,1H3,(H2,19,20,21)(H,22,23,24);1H. The van der Waals surface area contributed by atoms with Gasteiger partial charge in [-0.25, -0.2) is 9.98 Å². The van der Waals surface area contributed by atoms with Crippen molar-refractivity contribution in [1.82, 2.24) is 25.8 Å². The smallest absolute Gasteiger partial charge is 0.357 e. The maximum absolute atomic E-state index is 12.2. The third-order valence-corrected chi connectivity index (χ3v) is 3.08. The second kappa shape index (κ2) is 10.2. The molecule has 0 amide bonds. The van der Waals surface area contributed by atoms with Crippen molar-refractivity contribution in [1.29, 1.82) is 0 Å². The van der Waals surface area contributed by atoms with Crippen molar-refractivity contribution in [2.45, 2.75) is 26.1 Å². The van der Waals surface area contributed by atoms with E-state index in [4.69, 9.17) is 0 Å². The van der Waals surface area contributed by atoms with Crippen LogP contribution in [-0.2, 0) is 6.54 Å². The van der Waals surface area contributed by atoms with Gasteiger partial charge >= 0.3 is 6.18 Å². The van der Waals surface area contributed by atoms with Crippen molar-refractivity contribution in [2.24, 2.45) is 4.99 Å². The van der Waals surface area contributed by atoms with Crippen LogP contribution in [-0.4, -0.2) is 40.4 Å². The molecule has 2 rings (SSSR count). The number of guanidine groups is 1. The van der Waals surface area contributed by atoms with Gasteiger partial charge in [0.1, 0.15) is 6.33 Å². The van der Waals surface area contributed by atoms with Crippen LogP contribution in [0.15, 0.2) is 35.6 Å². The predicted molar refractivity (Wildman–Crippen MR) is 101 cm³/mol. The summed E-state index contributed by atoms with van der Waals surface area (Å²) in [5, 5.41) is 12.2. The summed E-state index contributed by atoms with van der Waals surface area (Å²) in [6.45, 7) is 2.54. The zero-order valence-electron chi connectivity index (χ0n) is 13.6. The Hall–Kier alpha value is -1.85. The fraction of sp³-hybridized carbons (Fsp3) is 0.400. The summed E-state index contributed by atoms with van der Waals surface area (Å²) in [6.07, 6.45) is -3.66. The zero-order chi connectivity index (χ0) is 17.4. The Morgan fingerprint density at radius 1 is 1.28 bits per heavy atom. The quantitative estimate of drug-likeness (QED) is 0.346. The number of halogens is 4. The molecule has 3 N–H and O–H groups in total. The van der Waals surface area contributed by atoms with Gasteiger partial charge in [0.2, 0.25) is 0 Å². The van der Waals surface area contributed by atoms with Crippen LogP contribution >= 0.6 is 24.0 Å². The number of hydrogen-bond acceptors (Lipinski definition) is 3. The van der Waals surface area contributed by atoms with Crippen molar-refractivity contribution >= 4 is 29.9 Å². The zero-order valence-corrected chi connectivity index (χ0v) is 15.9. The van der Waals surface area contributed by atoms with Crippen LogP contribution in [0.5, 0.6) is 0 Å². The summed E-state index contributed by atoms with van der Waals surface area (Å²) in [7, 11) is 0. The molecule has 10 heteroatoms. The van der Waals surface area contributed by atoms with E-state index >= 15 is 0 Å². The number of benzene rings is 1. The molecule has 0 radical (unpaired) electrons. The molecule has 1 aromatic heterocycles. The Kier molecular flexibility index (Phi) is 8.66. The summed E-state index contributed by atoms with van der Waals surface area (Å²) >= 11 is 0. The van der Waals surface area contributed by atoms with Gasteiger partial charge in [0.25, 0.3) is 0 Å². The molecule has 25 heavy (non-hydrogen) atoms. The Labute approximate surface area is 160 Å². The topological polar surface area (TPSA) is 78.0 Å². The van der Waals surface area contributed by atoms with Crippen LogP contribution in [0.3, 0.4) is 0 Å². The Balaban J connectivity index is 0.00000312. The minimum Gasteiger partial charge on any atom is -0.357 e. The number of rotatable bonds is 6. The number of alkyl halides is 3. The summed E-state index contributed by atoms with van der Waals surface area (Å²) in [5.74, 6) is 1.00. The summed E-state index contributed by atoms with van der Waals surface area (Å²) < 4.78 is 36.6. The molecule has 0 fully saturated rings. The van der Waals surface area contributed by atoms with Gasteiger partial charge in [-0.3, -0.25) is 5.10 Å². The maximum Gasteiger partial charge on any atom is 0.390 e. The maximum atomic E-state index is 12.2. The third-order valence-electron chi connectivity index (χ3n) is 3.08. The first-order chi connectivity index (χ1) is 11.5. The normalized spacial score (nSPS) is 11.8. The van der Waals surface area contributed by atoms with E-state index in [1.165, 1.54) is 6.33 Å². The Morgan fingerprint density at radius 2 is 2.08 bits per heavy atom. The number of aromatic amines is 1. The molecule has 0 aliphatic carbocycles. The average molecular weight is 468 g/mol. The molecule has 0 atom stereocenters. The highest BCUT2D eigenvalue weighted by atomic mass is 127. The fourth-order valence-corrected chi connectivity index (χ4v) is 2.00. The van der Waals surface area contributed by atoms with E-state index in [1.54, 1.807) is 0 Å². The van der Waals surface area contributed by atoms with Crippen LogP contribution in [0, 0.1) is 0 Å². The lowest BCUT2D eigenvalue weighted by Gasteiger charge is -2.12. The lowest BCUT2D eigenvalue weighted by molar-refractivity contribution is -0.132. The fourth-order valence-electron chi connectivity index (χ4n) is 2.00. The van der Waals surface area contributed by atoms with Crippen molar-refractivity contribution in [3.8, 4) is 11.4 Å². The molecule has 0 spiro atoms. The second-order valence-electron chi connectivity index (χ2n) is 5.02. The first kappa shape index (κ1) is 21.2. The van der Waals surface area contributed by atoms with Crippen molar-refractivity contribution in [2.75, 3.05) is 13.1 Å². The van der Waals surface area contributed by atoms with E-state index in [-0.39, 0.29) is 30.5 Å². The first-order valence-electron chi connectivity index (χ1n) is 7.51. The van der Waals surface area contributed by atoms with Crippen molar-refractivity contribution < 1.29 is 13.2 Å². The lowest BCUT2D eigenvalue weighted by Crippen LogP contribution is -2.38. The molecule has 2 aromatic rings. The van der Waals surface area contributed by atoms with Gasteiger partial charge < -0.3 is 10.6 Å². The van der Waals surface area contributed by atoms with Gasteiger partial charge in [0.05, 0.1) is 13.0 Å². The van der Waals surface area contributed by atoms with Gasteiger partial charge in [-0.2, -0.15) is 18.3 Å². The van der Waals surface area contributed by atoms with E-state index in [1.807, 2.05) is 31.2 Å². The number of H-pyrrole nitrogens is 1. The van der Waals surface area contributed by atoms with E-state index in [0.717, 1.165) is 11.1 Å². The number of nitrogens with one attached hydrogen (secondary N) is 3. The van der Waals surface area contributed by atoms with Gasteiger partial charge in [-0.05, 0) is 18.6 Å².